The van der Waals surface area contributed by atoms with E-state index in [-0.39, 0.29) is 12.7 Å². The Hall–Kier alpha value is -3.27. The molecule has 8 heteroatoms. The summed E-state index contributed by atoms with van der Waals surface area (Å²) in [6.07, 6.45) is 1.55. The molecule has 1 N–H and O–H groups in total. The second kappa shape index (κ2) is 9.69. The van der Waals surface area contributed by atoms with Gasteiger partial charge in [-0.25, -0.2) is 5.43 Å². The summed E-state index contributed by atoms with van der Waals surface area (Å²) in [5.74, 6) is 2.07. The zero-order valence-electron chi connectivity index (χ0n) is 16.6. The number of nitrogens with one attached hydrogen (secondary N) is 1. The Bertz CT molecular complexity index is 1120. The number of amides is 1. The fraction of sp³-hybridized carbons (Fsp3) is 0.130. The highest BCUT2D eigenvalue weighted by Crippen LogP contribution is 2.34. The predicted molar refractivity (Wildman–Crippen MR) is 124 cm³/mol. The van der Waals surface area contributed by atoms with E-state index in [2.05, 4.69) is 33.1 Å². The third-order valence-corrected chi connectivity index (χ3v) is 5.29. The van der Waals surface area contributed by atoms with Crippen LogP contribution < -0.4 is 24.4 Å². The average Bonchev–Trinajstić information content (AvgIpc) is 3.26. The molecule has 0 aromatic heterocycles. The Morgan fingerprint density at radius 1 is 1.13 bits per heavy atom. The summed E-state index contributed by atoms with van der Waals surface area (Å²) in [6, 6.07) is 18.6. The number of carbonyl (C=O) groups excluding carboxylic acids is 1. The molecule has 0 fully saturated rings. The highest BCUT2D eigenvalue weighted by molar-refractivity contribution is 14.1. The minimum Gasteiger partial charge on any atom is -0.493 e. The van der Waals surface area contributed by atoms with Crippen LogP contribution in [0.5, 0.6) is 23.0 Å². The predicted octanol–water partition coefficient (Wildman–Crippen LogP) is 4.37. The number of carbonyl (C=O) groups is 1. The molecule has 0 atom stereocenters. The molecule has 0 saturated heterocycles. The van der Waals surface area contributed by atoms with Gasteiger partial charge in [-0.05, 0) is 64.0 Å². The van der Waals surface area contributed by atoms with Crippen LogP contribution in [-0.2, 0) is 6.61 Å². The van der Waals surface area contributed by atoms with Crippen molar-refractivity contribution in [2.75, 3.05) is 13.9 Å². The van der Waals surface area contributed by atoms with E-state index in [1.807, 2.05) is 36.4 Å². The molecule has 0 saturated carbocycles. The maximum absolute atomic E-state index is 12.3. The second-order valence-corrected chi connectivity index (χ2v) is 7.74. The molecule has 1 amide bonds. The Balaban J connectivity index is 1.42. The third kappa shape index (κ3) is 5.08. The first-order valence-electron chi connectivity index (χ1n) is 9.41. The van der Waals surface area contributed by atoms with Crippen LogP contribution in [0.2, 0.25) is 0 Å². The van der Waals surface area contributed by atoms with Crippen molar-refractivity contribution >= 4 is 34.7 Å². The van der Waals surface area contributed by atoms with Gasteiger partial charge in [0, 0.05) is 5.56 Å². The Morgan fingerprint density at radius 3 is 2.74 bits per heavy atom. The van der Waals surface area contributed by atoms with Crippen molar-refractivity contribution < 1.29 is 23.7 Å². The van der Waals surface area contributed by atoms with E-state index in [0.29, 0.717) is 35.2 Å². The summed E-state index contributed by atoms with van der Waals surface area (Å²) in [7, 11) is 1.59. The number of rotatable bonds is 7. The van der Waals surface area contributed by atoms with Crippen molar-refractivity contribution in [3.8, 4) is 23.0 Å². The molecule has 3 aromatic carbocycles. The number of methoxy groups -OCH3 is 1. The zero-order chi connectivity index (χ0) is 21.6. The van der Waals surface area contributed by atoms with E-state index >= 15 is 0 Å². The van der Waals surface area contributed by atoms with Crippen LogP contribution in [0, 0.1) is 3.57 Å². The highest BCUT2D eigenvalue weighted by atomic mass is 127. The monoisotopic (exact) mass is 530 g/mol. The molecule has 0 radical (unpaired) electrons. The largest absolute Gasteiger partial charge is 0.493 e. The molecule has 0 unspecified atom stereocenters. The van der Waals surface area contributed by atoms with Gasteiger partial charge in [0.05, 0.1) is 16.9 Å². The first-order valence-corrected chi connectivity index (χ1v) is 10.5. The minimum absolute atomic E-state index is 0.157. The van der Waals surface area contributed by atoms with Gasteiger partial charge in [-0.3, -0.25) is 4.79 Å². The SMILES string of the molecule is COc1cc(C=NNC(=O)c2ccc3c(c2)OCO3)cc(I)c1OCc1ccccc1. The average molecular weight is 530 g/mol. The van der Waals surface area contributed by atoms with Crippen molar-refractivity contribution in [2.45, 2.75) is 6.61 Å². The first-order chi connectivity index (χ1) is 15.1. The number of fused-ring (bicyclic) bond motifs is 1. The summed E-state index contributed by atoms with van der Waals surface area (Å²) in [5, 5.41) is 4.05. The van der Waals surface area contributed by atoms with Gasteiger partial charge in [0.25, 0.3) is 5.91 Å². The molecule has 4 rings (SSSR count). The van der Waals surface area contributed by atoms with E-state index in [1.165, 1.54) is 0 Å². The summed E-state index contributed by atoms with van der Waals surface area (Å²) in [4.78, 5) is 12.3. The fourth-order valence-electron chi connectivity index (χ4n) is 2.95. The number of hydrazone groups is 1. The molecule has 3 aromatic rings. The summed E-state index contributed by atoms with van der Waals surface area (Å²) in [6.45, 7) is 0.594. The van der Waals surface area contributed by atoms with Crippen molar-refractivity contribution in [1.29, 1.82) is 0 Å². The van der Waals surface area contributed by atoms with Crippen LogP contribution in [0.15, 0.2) is 65.8 Å². The van der Waals surface area contributed by atoms with Crippen LogP contribution >= 0.6 is 22.6 Å². The van der Waals surface area contributed by atoms with Crippen LogP contribution in [0.3, 0.4) is 0 Å². The number of hydrogen-bond donors (Lipinski definition) is 1. The molecule has 1 heterocycles. The Labute approximate surface area is 193 Å². The summed E-state index contributed by atoms with van der Waals surface area (Å²) < 4.78 is 22.9. The highest BCUT2D eigenvalue weighted by Gasteiger charge is 2.16. The molecule has 158 valence electrons. The zero-order valence-corrected chi connectivity index (χ0v) is 18.8. The molecule has 7 nitrogen and oxygen atoms in total. The maximum Gasteiger partial charge on any atom is 0.271 e. The molecule has 1 aliphatic rings. The number of benzene rings is 3. The first kappa shape index (κ1) is 21.0. The lowest BCUT2D eigenvalue weighted by Gasteiger charge is -2.13. The molecule has 0 spiro atoms. The lowest BCUT2D eigenvalue weighted by Crippen LogP contribution is -2.17. The number of hydrogen-bond acceptors (Lipinski definition) is 6. The van der Waals surface area contributed by atoms with Crippen molar-refractivity contribution in [2.24, 2.45) is 5.10 Å². The normalized spacial score (nSPS) is 12.1. The van der Waals surface area contributed by atoms with Gasteiger partial charge < -0.3 is 18.9 Å². The van der Waals surface area contributed by atoms with Gasteiger partial charge >= 0.3 is 0 Å². The van der Waals surface area contributed by atoms with Gasteiger partial charge in [0.15, 0.2) is 23.0 Å². The fourth-order valence-corrected chi connectivity index (χ4v) is 3.73. The molecule has 0 aliphatic carbocycles. The number of nitrogens with zero attached hydrogens (tertiary/aromatic N) is 1. The van der Waals surface area contributed by atoms with Crippen molar-refractivity contribution in [3.63, 3.8) is 0 Å². The van der Waals surface area contributed by atoms with Gasteiger partial charge in [0.2, 0.25) is 6.79 Å². The van der Waals surface area contributed by atoms with Gasteiger partial charge in [-0.15, -0.1) is 0 Å². The number of halogens is 1. The van der Waals surface area contributed by atoms with E-state index in [0.717, 1.165) is 14.7 Å². The minimum atomic E-state index is -0.348. The van der Waals surface area contributed by atoms with Crippen LogP contribution in [0.1, 0.15) is 21.5 Å². The standard InChI is InChI=1S/C23H19IN2O5/c1-28-21-10-16(9-18(24)22(21)29-13-15-5-3-2-4-6-15)12-25-26-23(27)17-7-8-19-20(11-17)31-14-30-19/h2-12H,13-14H2,1H3,(H,26,27). The van der Waals surface area contributed by atoms with Crippen LogP contribution in [-0.4, -0.2) is 26.0 Å². The second-order valence-electron chi connectivity index (χ2n) is 6.58. The third-order valence-electron chi connectivity index (χ3n) is 4.49. The van der Waals surface area contributed by atoms with E-state index in [9.17, 15) is 4.79 Å². The molecular weight excluding hydrogens is 511 g/mol. The Kier molecular flexibility index (Phi) is 6.56. The Morgan fingerprint density at radius 2 is 1.94 bits per heavy atom. The lowest BCUT2D eigenvalue weighted by atomic mass is 10.2. The van der Waals surface area contributed by atoms with Gasteiger partial charge in [-0.1, -0.05) is 30.3 Å². The maximum atomic E-state index is 12.3. The molecule has 1 aliphatic heterocycles. The lowest BCUT2D eigenvalue weighted by molar-refractivity contribution is 0.0954. The van der Waals surface area contributed by atoms with E-state index < -0.39 is 0 Å². The molecular formula is C23H19IN2O5. The van der Waals surface area contributed by atoms with Crippen LogP contribution in [0.25, 0.3) is 0 Å². The van der Waals surface area contributed by atoms with Crippen molar-refractivity contribution in [1.82, 2.24) is 5.43 Å². The summed E-state index contributed by atoms with van der Waals surface area (Å²) >= 11 is 2.19. The van der Waals surface area contributed by atoms with Crippen molar-refractivity contribution in [3.05, 3.63) is 80.9 Å². The number of ether oxygens (including phenoxy) is 4. The smallest absolute Gasteiger partial charge is 0.271 e. The van der Waals surface area contributed by atoms with E-state index in [4.69, 9.17) is 18.9 Å². The van der Waals surface area contributed by atoms with Gasteiger partial charge in [-0.2, -0.15) is 5.10 Å². The molecule has 0 bridgehead atoms. The van der Waals surface area contributed by atoms with E-state index in [1.54, 1.807) is 37.6 Å². The summed E-state index contributed by atoms with van der Waals surface area (Å²) in [5.41, 5.74) is 4.78. The quantitative estimate of drug-likeness (QED) is 0.279. The van der Waals surface area contributed by atoms with Crippen LogP contribution in [0.4, 0.5) is 0 Å². The topological polar surface area (TPSA) is 78.4 Å². The van der Waals surface area contributed by atoms with Gasteiger partial charge in [0.1, 0.15) is 6.61 Å². The molecule has 31 heavy (non-hydrogen) atoms.